The molecule has 0 unspecified atom stereocenters. The third-order valence-corrected chi connectivity index (χ3v) is 2.65. The minimum Gasteiger partial charge on any atom is -0.324 e. The zero-order valence-electron chi connectivity index (χ0n) is 8.94. The maximum atomic E-state index is 4.15. The molecule has 0 saturated carbocycles. The second-order valence-corrected chi connectivity index (χ2v) is 4.32. The molecule has 0 amide bonds. The molecular formula is C12H12BrN3. The first-order chi connectivity index (χ1) is 7.78. The van der Waals surface area contributed by atoms with Gasteiger partial charge in [0.1, 0.15) is 0 Å². The molecule has 1 heterocycles. The Morgan fingerprint density at radius 1 is 1.12 bits per heavy atom. The first kappa shape index (κ1) is 11.1. The lowest BCUT2D eigenvalue weighted by atomic mass is 10.1. The lowest BCUT2D eigenvalue weighted by molar-refractivity contribution is 1.13. The molecule has 82 valence electrons. The fourth-order valence-corrected chi connectivity index (χ4v) is 1.53. The van der Waals surface area contributed by atoms with Crippen molar-refractivity contribution in [3.05, 3.63) is 46.7 Å². The van der Waals surface area contributed by atoms with Gasteiger partial charge in [-0.3, -0.25) is 0 Å². The maximum Gasteiger partial charge on any atom is 0.227 e. The van der Waals surface area contributed by atoms with Crippen LogP contribution in [0.3, 0.4) is 0 Å². The summed E-state index contributed by atoms with van der Waals surface area (Å²) in [7, 11) is 0. The van der Waals surface area contributed by atoms with Gasteiger partial charge in [0.05, 0.1) is 4.47 Å². The molecule has 0 aliphatic heterocycles. The lowest BCUT2D eigenvalue weighted by Gasteiger charge is -2.04. The number of halogens is 1. The van der Waals surface area contributed by atoms with Gasteiger partial charge < -0.3 is 5.32 Å². The third kappa shape index (κ3) is 2.79. The molecule has 3 nitrogen and oxygen atoms in total. The standard InChI is InChI=1S/C12H12BrN3/c1-2-9-3-5-11(6-4-9)16-12-14-7-10(13)8-15-12/h3-8H,2H2,1H3,(H,14,15,16). The van der Waals surface area contributed by atoms with Crippen LogP contribution in [-0.4, -0.2) is 9.97 Å². The molecule has 0 atom stereocenters. The number of hydrogen-bond acceptors (Lipinski definition) is 3. The van der Waals surface area contributed by atoms with Crippen LogP contribution >= 0.6 is 15.9 Å². The van der Waals surface area contributed by atoms with Gasteiger partial charge in [0, 0.05) is 18.1 Å². The molecule has 0 radical (unpaired) electrons. The van der Waals surface area contributed by atoms with E-state index in [1.165, 1.54) is 5.56 Å². The zero-order chi connectivity index (χ0) is 11.4. The summed E-state index contributed by atoms with van der Waals surface area (Å²) in [6.07, 6.45) is 4.49. The van der Waals surface area contributed by atoms with Gasteiger partial charge in [-0.15, -0.1) is 0 Å². The number of aryl methyl sites for hydroxylation is 1. The van der Waals surface area contributed by atoms with Crippen molar-refractivity contribution in [2.24, 2.45) is 0 Å². The molecule has 1 aromatic carbocycles. The number of anilines is 2. The highest BCUT2D eigenvalue weighted by molar-refractivity contribution is 9.10. The van der Waals surface area contributed by atoms with Crippen LogP contribution in [0.1, 0.15) is 12.5 Å². The van der Waals surface area contributed by atoms with E-state index in [-0.39, 0.29) is 0 Å². The van der Waals surface area contributed by atoms with Gasteiger partial charge >= 0.3 is 0 Å². The van der Waals surface area contributed by atoms with Crippen LogP contribution in [0.25, 0.3) is 0 Å². The Hall–Kier alpha value is -1.42. The molecule has 16 heavy (non-hydrogen) atoms. The zero-order valence-corrected chi connectivity index (χ0v) is 10.5. The molecule has 0 aliphatic rings. The first-order valence-corrected chi connectivity index (χ1v) is 5.90. The molecule has 0 aliphatic carbocycles. The molecule has 1 aromatic heterocycles. The van der Waals surface area contributed by atoms with Crippen LogP contribution in [0.2, 0.25) is 0 Å². The second kappa shape index (κ2) is 5.07. The minimum absolute atomic E-state index is 0.604. The number of nitrogens with zero attached hydrogens (tertiary/aromatic N) is 2. The number of hydrogen-bond donors (Lipinski definition) is 1. The quantitative estimate of drug-likeness (QED) is 0.933. The van der Waals surface area contributed by atoms with Crippen LogP contribution < -0.4 is 5.32 Å². The Bertz CT molecular complexity index is 451. The minimum atomic E-state index is 0.604. The van der Waals surface area contributed by atoms with E-state index in [1.54, 1.807) is 12.4 Å². The predicted molar refractivity (Wildman–Crippen MR) is 68.8 cm³/mol. The van der Waals surface area contributed by atoms with Crippen molar-refractivity contribution < 1.29 is 0 Å². The Morgan fingerprint density at radius 3 is 2.31 bits per heavy atom. The van der Waals surface area contributed by atoms with E-state index >= 15 is 0 Å². The van der Waals surface area contributed by atoms with Crippen molar-refractivity contribution in [1.82, 2.24) is 9.97 Å². The molecule has 0 spiro atoms. The summed E-state index contributed by atoms with van der Waals surface area (Å²) in [6.45, 7) is 2.14. The van der Waals surface area contributed by atoms with Crippen LogP contribution in [0.15, 0.2) is 41.1 Å². The van der Waals surface area contributed by atoms with Crippen molar-refractivity contribution >= 4 is 27.6 Å². The van der Waals surface area contributed by atoms with E-state index in [0.717, 1.165) is 16.6 Å². The third-order valence-electron chi connectivity index (χ3n) is 2.24. The van der Waals surface area contributed by atoms with Crippen LogP contribution in [0.4, 0.5) is 11.6 Å². The van der Waals surface area contributed by atoms with Gasteiger partial charge in [-0.2, -0.15) is 0 Å². The molecular weight excluding hydrogens is 266 g/mol. The SMILES string of the molecule is CCc1ccc(Nc2ncc(Br)cn2)cc1. The first-order valence-electron chi connectivity index (χ1n) is 5.11. The lowest BCUT2D eigenvalue weighted by Crippen LogP contribution is -1.96. The van der Waals surface area contributed by atoms with E-state index in [1.807, 2.05) is 12.1 Å². The molecule has 2 aromatic rings. The van der Waals surface area contributed by atoms with Gasteiger partial charge in [0.25, 0.3) is 0 Å². The van der Waals surface area contributed by atoms with Crippen LogP contribution in [0, 0.1) is 0 Å². The van der Waals surface area contributed by atoms with E-state index in [2.05, 4.69) is 50.3 Å². The normalized spacial score (nSPS) is 10.1. The topological polar surface area (TPSA) is 37.8 Å². The predicted octanol–water partition coefficient (Wildman–Crippen LogP) is 3.55. The molecule has 0 fully saturated rings. The highest BCUT2D eigenvalue weighted by atomic mass is 79.9. The fourth-order valence-electron chi connectivity index (χ4n) is 1.33. The Morgan fingerprint density at radius 2 is 1.75 bits per heavy atom. The van der Waals surface area contributed by atoms with Gasteiger partial charge in [-0.25, -0.2) is 9.97 Å². The smallest absolute Gasteiger partial charge is 0.227 e. The molecule has 0 saturated heterocycles. The fraction of sp³-hybridized carbons (Fsp3) is 0.167. The van der Waals surface area contributed by atoms with Gasteiger partial charge in [-0.1, -0.05) is 19.1 Å². The Labute approximate surface area is 103 Å². The van der Waals surface area contributed by atoms with E-state index < -0.39 is 0 Å². The van der Waals surface area contributed by atoms with Crippen LogP contribution in [-0.2, 0) is 6.42 Å². The Balaban J connectivity index is 2.11. The summed E-state index contributed by atoms with van der Waals surface area (Å²) < 4.78 is 0.874. The van der Waals surface area contributed by atoms with Crippen molar-refractivity contribution in [1.29, 1.82) is 0 Å². The summed E-state index contributed by atoms with van der Waals surface area (Å²) in [5, 5.41) is 3.14. The van der Waals surface area contributed by atoms with Crippen molar-refractivity contribution in [3.8, 4) is 0 Å². The van der Waals surface area contributed by atoms with Crippen molar-refractivity contribution in [2.75, 3.05) is 5.32 Å². The highest BCUT2D eigenvalue weighted by Gasteiger charge is 1.97. The number of nitrogens with one attached hydrogen (secondary N) is 1. The van der Waals surface area contributed by atoms with Crippen molar-refractivity contribution in [3.63, 3.8) is 0 Å². The van der Waals surface area contributed by atoms with E-state index in [0.29, 0.717) is 5.95 Å². The number of rotatable bonds is 3. The largest absolute Gasteiger partial charge is 0.324 e. The summed E-state index contributed by atoms with van der Waals surface area (Å²) in [5.74, 6) is 0.604. The van der Waals surface area contributed by atoms with E-state index in [9.17, 15) is 0 Å². The molecule has 4 heteroatoms. The van der Waals surface area contributed by atoms with Crippen molar-refractivity contribution in [2.45, 2.75) is 13.3 Å². The van der Waals surface area contributed by atoms with Gasteiger partial charge in [0.15, 0.2) is 0 Å². The average Bonchev–Trinajstić information content (AvgIpc) is 2.33. The van der Waals surface area contributed by atoms with E-state index in [4.69, 9.17) is 0 Å². The highest BCUT2D eigenvalue weighted by Crippen LogP contribution is 2.15. The summed E-state index contributed by atoms with van der Waals surface area (Å²) in [5.41, 5.74) is 2.32. The molecule has 0 bridgehead atoms. The second-order valence-electron chi connectivity index (χ2n) is 3.40. The number of benzene rings is 1. The number of aromatic nitrogens is 2. The van der Waals surface area contributed by atoms with Gasteiger partial charge in [0.2, 0.25) is 5.95 Å². The molecule has 2 rings (SSSR count). The summed E-state index contributed by atoms with van der Waals surface area (Å²) in [4.78, 5) is 8.29. The maximum absolute atomic E-state index is 4.15. The van der Waals surface area contributed by atoms with Crippen LogP contribution in [0.5, 0.6) is 0 Å². The summed E-state index contributed by atoms with van der Waals surface area (Å²) >= 11 is 3.30. The summed E-state index contributed by atoms with van der Waals surface area (Å²) in [6, 6.07) is 8.26. The van der Waals surface area contributed by atoms with Gasteiger partial charge in [-0.05, 0) is 40.0 Å². The average molecular weight is 278 g/mol. The molecule has 1 N–H and O–H groups in total. The Kier molecular flexibility index (Phi) is 3.51. The monoisotopic (exact) mass is 277 g/mol.